The molecule has 0 atom stereocenters. The molecule has 1 saturated heterocycles. The van der Waals surface area contributed by atoms with E-state index in [0.717, 1.165) is 13.1 Å². The van der Waals surface area contributed by atoms with E-state index in [2.05, 4.69) is 41.1 Å². The molecule has 4 rings (SSSR count). The van der Waals surface area contributed by atoms with Crippen molar-refractivity contribution in [3.05, 3.63) is 58.0 Å². The molecule has 1 aromatic carbocycles. The van der Waals surface area contributed by atoms with E-state index >= 15 is 0 Å². The zero-order valence-electron chi connectivity index (χ0n) is 14.6. The second-order valence-electron chi connectivity index (χ2n) is 6.52. The maximum Gasteiger partial charge on any atom is 0.262 e. The van der Waals surface area contributed by atoms with Gasteiger partial charge in [0.2, 0.25) is 5.91 Å². The van der Waals surface area contributed by atoms with Crippen molar-refractivity contribution in [3.8, 4) is 0 Å². The highest BCUT2D eigenvalue weighted by molar-refractivity contribution is 7.16. The SMILES string of the molecule is Cc1cccc(N2CCN(C(=O)Cn3cnc4sccc4c3=O)CC2)c1. The van der Waals surface area contributed by atoms with Crippen LogP contribution in [0.4, 0.5) is 5.69 Å². The summed E-state index contributed by atoms with van der Waals surface area (Å²) < 4.78 is 1.41. The van der Waals surface area contributed by atoms with Crippen molar-refractivity contribution in [2.75, 3.05) is 31.1 Å². The number of aromatic nitrogens is 2. The maximum absolute atomic E-state index is 12.6. The largest absolute Gasteiger partial charge is 0.368 e. The predicted octanol–water partition coefficient (Wildman–Crippen LogP) is 2.12. The lowest BCUT2D eigenvalue weighted by Crippen LogP contribution is -2.50. The number of rotatable bonds is 3. The molecule has 1 aliphatic heterocycles. The van der Waals surface area contributed by atoms with Gasteiger partial charge in [0, 0.05) is 31.9 Å². The lowest BCUT2D eigenvalue weighted by atomic mass is 10.2. The Bertz CT molecular complexity index is 1000. The van der Waals surface area contributed by atoms with Crippen LogP contribution in [0, 0.1) is 6.92 Å². The fraction of sp³-hybridized carbons (Fsp3) is 0.316. The minimum Gasteiger partial charge on any atom is -0.368 e. The van der Waals surface area contributed by atoms with Gasteiger partial charge in [-0.3, -0.25) is 14.2 Å². The minimum absolute atomic E-state index is 0.0348. The molecule has 0 aliphatic carbocycles. The summed E-state index contributed by atoms with van der Waals surface area (Å²) in [6.07, 6.45) is 1.47. The summed E-state index contributed by atoms with van der Waals surface area (Å²) in [7, 11) is 0. The lowest BCUT2D eigenvalue weighted by molar-refractivity contribution is -0.132. The van der Waals surface area contributed by atoms with Gasteiger partial charge < -0.3 is 9.80 Å². The van der Waals surface area contributed by atoms with E-state index in [9.17, 15) is 9.59 Å². The molecule has 134 valence electrons. The number of aryl methyl sites for hydroxylation is 1. The molecule has 7 heteroatoms. The van der Waals surface area contributed by atoms with Crippen molar-refractivity contribution >= 4 is 33.1 Å². The van der Waals surface area contributed by atoms with Crippen LogP contribution in [0.15, 0.2) is 46.8 Å². The van der Waals surface area contributed by atoms with E-state index in [0.29, 0.717) is 23.3 Å². The van der Waals surface area contributed by atoms with Gasteiger partial charge in [0.15, 0.2) is 0 Å². The van der Waals surface area contributed by atoms with Crippen LogP contribution >= 0.6 is 11.3 Å². The van der Waals surface area contributed by atoms with Crippen LogP contribution in [0.2, 0.25) is 0 Å². The number of nitrogens with zero attached hydrogens (tertiary/aromatic N) is 4. The minimum atomic E-state index is -0.150. The summed E-state index contributed by atoms with van der Waals surface area (Å²) in [6, 6.07) is 10.2. The molecule has 0 saturated carbocycles. The molecular weight excluding hydrogens is 348 g/mol. The number of hydrogen-bond acceptors (Lipinski definition) is 5. The van der Waals surface area contributed by atoms with Crippen LogP contribution < -0.4 is 10.5 Å². The summed E-state index contributed by atoms with van der Waals surface area (Å²) in [4.78, 5) is 34.1. The molecule has 2 aromatic heterocycles. The topological polar surface area (TPSA) is 58.4 Å². The quantitative estimate of drug-likeness (QED) is 0.711. The number of fused-ring (bicyclic) bond motifs is 1. The average Bonchev–Trinajstić information content (AvgIpc) is 3.14. The second-order valence-corrected chi connectivity index (χ2v) is 7.42. The molecule has 26 heavy (non-hydrogen) atoms. The predicted molar refractivity (Wildman–Crippen MR) is 104 cm³/mol. The van der Waals surface area contributed by atoms with E-state index in [1.807, 2.05) is 10.3 Å². The summed E-state index contributed by atoms with van der Waals surface area (Å²) in [5.41, 5.74) is 2.28. The van der Waals surface area contributed by atoms with Gasteiger partial charge in [0.25, 0.3) is 5.56 Å². The Morgan fingerprint density at radius 3 is 2.77 bits per heavy atom. The zero-order chi connectivity index (χ0) is 18.1. The van der Waals surface area contributed by atoms with Crippen molar-refractivity contribution in [1.82, 2.24) is 14.5 Å². The third-order valence-corrected chi connectivity index (χ3v) is 5.58. The molecule has 1 amide bonds. The maximum atomic E-state index is 12.6. The highest BCUT2D eigenvalue weighted by Crippen LogP contribution is 2.18. The number of benzene rings is 1. The van der Waals surface area contributed by atoms with Crippen LogP contribution in [0.3, 0.4) is 0 Å². The standard InChI is InChI=1S/C19H20N4O2S/c1-14-3-2-4-15(11-14)21-6-8-22(9-7-21)17(24)12-23-13-20-18-16(19(23)25)5-10-26-18/h2-5,10-11,13H,6-9,12H2,1H3. The second kappa shape index (κ2) is 6.92. The first-order valence-corrected chi connectivity index (χ1v) is 9.52. The monoisotopic (exact) mass is 368 g/mol. The summed E-state index contributed by atoms with van der Waals surface area (Å²) >= 11 is 1.43. The van der Waals surface area contributed by atoms with Crippen LogP contribution in [0.5, 0.6) is 0 Å². The highest BCUT2D eigenvalue weighted by atomic mass is 32.1. The fourth-order valence-electron chi connectivity index (χ4n) is 3.29. The van der Waals surface area contributed by atoms with E-state index in [1.165, 1.54) is 33.5 Å². The number of piperazine rings is 1. The van der Waals surface area contributed by atoms with E-state index in [1.54, 1.807) is 6.07 Å². The first kappa shape index (κ1) is 16.8. The first-order valence-electron chi connectivity index (χ1n) is 8.64. The number of hydrogen-bond donors (Lipinski definition) is 0. The molecular formula is C19H20N4O2S. The highest BCUT2D eigenvalue weighted by Gasteiger charge is 2.22. The number of carbonyl (C=O) groups excluding carboxylic acids is 1. The molecule has 0 N–H and O–H groups in total. The summed E-state index contributed by atoms with van der Waals surface area (Å²) in [6.45, 7) is 5.05. The number of thiophene rings is 1. The van der Waals surface area contributed by atoms with Crippen LogP contribution in [-0.2, 0) is 11.3 Å². The molecule has 0 bridgehead atoms. The Morgan fingerprint density at radius 1 is 1.19 bits per heavy atom. The molecule has 1 aliphatic rings. The third-order valence-electron chi connectivity index (χ3n) is 4.76. The molecule has 0 radical (unpaired) electrons. The number of anilines is 1. The van der Waals surface area contributed by atoms with Gasteiger partial charge >= 0.3 is 0 Å². The van der Waals surface area contributed by atoms with Crippen molar-refractivity contribution in [2.45, 2.75) is 13.5 Å². The van der Waals surface area contributed by atoms with Gasteiger partial charge in [-0.1, -0.05) is 12.1 Å². The average molecular weight is 368 g/mol. The van der Waals surface area contributed by atoms with Crippen LogP contribution in [-0.4, -0.2) is 46.5 Å². The van der Waals surface area contributed by atoms with E-state index in [4.69, 9.17) is 0 Å². The normalized spacial score (nSPS) is 14.8. The van der Waals surface area contributed by atoms with Gasteiger partial charge in [-0.2, -0.15) is 0 Å². The van der Waals surface area contributed by atoms with Gasteiger partial charge in [0.1, 0.15) is 11.4 Å². The Balaban J connectivity index is 1.42. The third kappa shape index (κ3) is 3.22. The van der Waals surface area contributed by atoms with E-state index < -0.39 is 0 Å². The molecule has 0 unspecified atom stereocenters. The van der Waals surface area contributed by atoms with Gasteiger partial charge in [0.05, 0.1) is 11.7 Å². The number of carbonyl (C=O) groups is 1. The molecule has 0 spiro atoms. The Kier molecular flexibility index (Phi) is 4.46. The van der Waals surface area contributed by atoms with Crippen LogP contribution in [0.1, 0.15) is 5.56 Å². The van der Waals surface area contributed by atoms with Gasteiger partial charge in [-0.15, -0.1) is 11.3 Å². The van der Waals surface area contributed by atoms with Crippen molar-refractivity contribution in [1.29, 1.82) is 0 Å². The van der Waals surface area contributed by atoms with Crippen molar-refractivity contribution in [3.63, 3.8) is 0 Å². The summed E-state index contributed by atoms with van der Waals surface area (Å²) in [5, 5.41) is 2.42. The molecule has 6 nitrogen and oxygen atoms in total. The van der Waals surface area contributed by atoms with Crippen molar-refractivity contribution < 1.29 is 4.79 Å². The van der Waals surface area contributed by atoms with Crippen LogP contribution in [0.25, 0.3) is 10.2 Å². The van der Waals surface area contributed by atoms with E-state index in [-0.39, 0.29) is 18.0 Å². The Labute approximate surface area is 155 Å². The van der Waals surface area contributed by atoms with Crippen molar-refractivity contribution in [2.24, 2.45) is 0 Å². The molecule has 3 heterocycles. The van der Waals surface area contributed by atoms with Gasteiger partial charge in [-0.25, -0.2) is 4.98 Å². The zero-order valence-corrected chi connectivity index (χ0v) is 15.4. The lowest BCUT2D eigenvalue weighted by Gasteiger charge is -2.36. The Hall–Kier alpha value is -2.67. The fourth-order valence-corrected chi connectivity index (χ4v) is 4.01. The van der Waals surface area contributed by atoms with Gasteiger partial charge in [-0.05, 0) is 36.1 Å². The Morgan fingerprint density at radius 2 is 2.00 bits per heavy atom. The number of amides is 1. The molecule has 3 aromatic rings. The molecule has 1 fully saturated rings. The first-order chi connectivity index (χ1) is 12.6. The summed E-state index contributed by atoms with van der Waals surface area (Å²) in [5.74, 6) is -0.0348. The smallest absolute Gasteiger partial charge is 0.262 e.